The molecule has 2 aliphatic rings. The maximum atomic E-state index is 13.3. The highest BCUT2D eigenvalue weighted by atomic mass is 19.1. The summed E-state index contributed by atoms with van der Waals surface area (Å²) in [4.78, 5) is 20.8. The fraction of sp³-hybridized carbons (Fsp3) is 0.579. The first-order chi connectivity index (χ1) is 13.0. The number of nitrogens with zero attached hydrogens (tertiary/aromatic N) is 5. The number of anilines is 1. The third-order valence-electron chi connectivity index (χ3n) is 5.52. The molecule has 2 amide bonds. The molecule has 0 aliphatic carbocycles. The van der Waals surface area contributed by atoms with Crippen molar-refractivity contribution in [1.82, 2.24) is 19.9 Å². The smallest absolute Gasteiger partial charge is 0.320 e. The van der Waals surface area contributed by atoms with Gasteiger partial charge in [0.15, 0.2) is 11.4 Å². The summed E-state index contributed by atoms with van der Waals surface area (Å²) in [6, 6.07) is 4.95. The molecule has 1 aromatic heterocycles. The van der Waals surface area contributed by atoms with Crippen LogP contribution in [0.1, 0.15) is 13.8 Å². The maximum absolute atomic E-state index is 13.3. The second kappa shape index (κ2) is 7.34. The zero-order valence-corrected chi connectivity index (χ0v) is 15.9. The van der Waals surface area contributed by atoms with Crippen molar-refractivity contribution in [2.24, 2.45) is 0 Å². The molecule has 0 bridgehead atoms. The van der Waals surface area contributed by atoms with Crippen molar-refractivity contribution in [2.45, 2.75) is 19.9 Å². The number of carbonyl (C=O) groups excluding carboxylic acids is 1. The fourth-order valence-corrected chi connectivity index (χ4v) is 3.86. The molecule has 0 N–H and O–H groups in total. The van der Waals surface area contributed by atoms with Gasteiger partial charge >= 0.3 is 6.03 Å². The van der Waals surface area contributed by atoms with Gasteiger partial charge < -0.3 is 19.2 Å². The number of urea groups is 1. The Hall–Kier alpha value is -2.35. The molecule has 0 spiro atoms. The Labute approximate surface area is 158 Å². The molecule has 8 heteroatoms. The first-order valence-electron chi connectivity index (χ1n) is 9.60. The number of piperazine rings is 1. The average molecular weight is 375 g/mol. The zero-order chi connectivity index (χ0) is 19.0. The standard InChI is InChI=1S/C19H26FN5O2/c1-14(2)25-12-11-24(19(25)26)10-7-22-5-8-23(9-6-22)18-16-4-3-15(20)13-17(16)27-21-18/h3-4,13-14H,5-12H2,1-2H3. The van der Waals surface area contributed by atoms with Gasteiger partial charge in [0.1, 0.15) is 5.82 Å². The van der Waals surface area contributed by atoms with Gasteiger partial charge in [0, 0.05) is 64.5 Å². The minimum atomic E-state index is -0.317. The lowest BCUT2D eigenvalue weighted by Crippen LogP contribution is -2.49. The Balaban J connectivity index is 1.30. The summed E-state index contributed by atoms with van der Waals surface area (Å²) in [6.07, 6.45) is 0. The molecule has 146 valence electrons. The van der Waals surface area contributed by atoms with Crippen molar-refractivity contribution in [1.29, 1.82) is 0 Å². The van der Waals surface area contributed by atoms with Gasteiger partial charge in [-0.05, 0) is 26.0 Å². The van der Waals surface area contributed by atoms with Crippen molar-refractivity contribution in [3.63, 3.8) is 0 Å². The summed E-state index contributed by atoms with van der Waals surface area (Å²) in [5.41, 5.74) is 0.481. The summed E-state index contributed by atoms with van der Waals surface area (Å²) >= 11 is 0. The van der Waals surface area contributed by atoms with E-state index in [2.05, 4.69) is 28.8 Å². The molecule has 2 saturated heterocycles. The zero-order valence-electron chi connectivity index (χ0n) is 15.9. The molecule has 2 fully saturated rings. The van der Waals surface area contributed by atoms with Crippen molar-refractivity contribution in [3.8, 4) is 0 Å². The Morgan fingerprint density at radius 2 is 1.89 bits per heavy atom. The lowest BCUT2D eigenvalue weighted by atomic mass is 10.2. The van der Waals surface area contributed by atoms with Gasteiger partial charge in [-0.2, -0.15) is 0 Å². The SMILES string of the molecule is CC(C)N1CCN(CCN2CCN(c3noc4cc(F)ccc34)CC2)C1=O. The molecule has 7 nitrogen and oxygen atoms in total. The van der Waals surface area contributed by atoms with Crippen LogP contribution in [0.2, 0.25) is 0 Å². The molecule has 0 atom stereocenters. The molecule has 2 aromatic rings. The number of fused-ring (bicyclic) bond motifs is 1. The number of amides is 2. The van der Waals surface area contributed by atoms with E-state index in [-0.39, 0.29) is 17.9 Å². The van der Waals surface area contributed by atoms with E-state index >= 15 is 0 Å². The van der Waals surface area contributed by atoms with E-state index in [0.717, 1.165) is 63.6 Å². The van der Waals surface area contributed by atoms with E-state index in [4.69, 9.17) is 4.52 Å². The van der Waals surface area contributed by atoms with Crippen LogP contribution in [0.4, 0.5) is 15.0 Å². The van der Waals surface area contributed by atoms with Gasteiger partial charge in [-0.15, -0.1) is 0 Å². The largest absolute Gasteiger partial charge is 0.354 e. The summed E-state index contributed by atoms with van der Waals surface area (Å²) in [5.74, 6) is 0.467. The van der Waals surface area contributed by atoms with Gasteiger partial charge in [-0.25, -0.2) is 9.18 Å². The Bertz CT molecular complexity index is 816. The number of hydrogen-bond acceptors (Lipinski definition) is 5. The van der Waals surface area contributed by atoms with Crippen LogP contribution in [0.25, 0.3) is 11.0 Å². The van der Waals surface area contributed by atoms with Crippen LogP contribution in [-0.2, 0) is 0 Å². The third-order valence-corrected chi connectivity index (χ3v) is 5.52. The van der Waals surface area contributed by atoms with Gasteiger partial charge in [-0.1, -0.05) is 5.16 Å². The minimum absolute atomic E-state index is 0.157. The number of aromatic nitrogens is 1. The van der Waals surface area contributed by atoms with Crippen LogP contribution in [0, 0.1) is 5.82 Å². The molecular formula is C19H26FN5O2. The summed E-state index contributed by atoms with van der Waals surface area (Å²) in [5, 5.41) is 4.98. The Morgan fingerprint density at radius 3 is 2.59 bits per heavy atom. The molecule has 0 saturated carbocycles. The molecular weight excluding hydrogens is 349 g/mol. The quantitative estimate of drug-likeness (QED) is 0.802. The van der Waals surface area contributed by atoms with E-state index in [1.54, 1.807) is 6.07 Å². The highest BCUT2D eigenvalue weighted by molar-refractivity contribution is 5.88. The van der Waals surface area contributed by atoms with E-state index < -0.39 is 0 Å². The monoisotopic (exact) mass is 375 g/mol. The summed E-state index contributed by atoms with van der Waals surface area (Å²) < 4.78 is 18.6. The first-order valence-corrected chi connectivity index (χ1v) is 9.60. The second-order valence-corrected chi connectivity index (χ2v) is 7.53. The normalized spacial score (nSPS) is 19.1. The van der Waals surface area contributed by atoms with Gasteiger partial charge in [0.25, 0.3) is 0 Å². The predicted molar refractivity (Wildman–Crippen MR) is 101 cm³/mol. The van der Waals surface area contributed by atoms with Gasteiger partial charge in [-0.3, -0.25) is 4.90 Å². The molecule has 3 heterocycles. The first kappa shape index (κ1) is 18.0. The van der Waals surface area contributed by atoms with Gasteiger partial charge in [0.2, 0.25) is 0 Å². The Morgan fingerprint density at radius 1 is 1.11 bits per heavy atom. The number of hydrogen-bond donors (Lipinski definition) is 0. The van der Waals surface area contributed by atoms with E-state index in [1.165, 1.54) is 12.1 Å². The van der Waals surface area contributed by atoms with Crippen LogP contribution >= 0.6 is 0 Å². The summed E-state index contributed by atoms with van der Waals surface area (Å²) in [6.45, 7) is 10.9. The maximum Gasteiger partial charge on any atom is 0.320 e. The summed E-state index contributed by atoms with van der Waals surface area (Å²) in [7, 11) is 0. The highest BCUT2D eigenvalue weighted by Crippen LogP contribution is 2.27. The van der Waals surface area contributed by atoms with E-state index in [1.807, 2.05) is 9.80 Å². The topological polar surface area (TPSA) is 56.1 Å². The number of benzene rings is 1. The average Bonchev–Trinajstić information content (AvgIpc) is 3.23. The molecule has 0 unspecified atom stereocenters. The third kappa shape index (κ3) is 3.58. The predicted octanol–water partition coefficient (Wildman–Crippen LogP) is 2.23. The molecule has 0 radical (unpaired) electrons. The number of rotatable bonds is 5. The minimum Gasteiger partial charge on any atom is -0.354 e. The van der Waals surface area contributed by atoms with Crippen LogP contribution < -0.4 is 4.90 Å². The van der Waals surface area contributed by atoms with E-state index in [9.17, 15) is 9.18 Å². The van der Waals surface area contributed by atoms with Crippen LogP contribution in [0.5, 0.6) is 0 Å². The molecule has 2 aliphatic heterocycles. The van der Waals surface area contributed by atoms with Crippen molar-refractivity contribution >= 4 is 22.8 Å². The highest BCUT2D eigenvalue weighted by Gasteiger charge is 2.30. The number of halogens is 1. The van der Waals surface area contributed by atoms with Crippen LogP contribution in [0.3, 0.4) is 0 Å². The van der Waals surface area contributed by atoms with Gasteiger partial charge in [0.05, 0.1) is 5.39 Å². The number of carbonyl (C=O) groups is 1. The second-order valence-electron chi connectivity index (χ2n) is 7.53. The Kier molecular flexibility index (Phi) is 4.90. The lowest BCUT2D eigenvalue weighted by Gasteiger charge is -2.35. The van der Waals surface area contributed by atoms with Crippen LogP contribution in [0.15, 0.2) is 22.7 Å². The van der Waals surface area contributed by atoms with Crippen LogP contribution in [-0.4, -0.2) is 84.3 Å². The van der Waals surface area contributed by atoms with Crippen molar-refractivity contribution in [2.75, 3.05) is 57.3 Å². The molecule has 27 heavy (non-hydrogen) atoms. The van der Waals surface area contributed by atoms with E-state index in [0.29, 0.717) is 5.58 Å². The molecule has 4 rings (SSSR count). The van der Waals surface area contributed by atoms with Crippen molar-refractivity contribution < 1.29 is 13.7 Å². The van der Waals surface area contributed by atoms with Crippen molar-refractivity contribution in [3.05, 3.63) is 24.0 Å². The lowest BCUT2D eigenvalue weighted by molar-refractivity contribution is 0.173. The molecule has 1 aromatic carbocycles. The fourth-order valence-electron chi connectivity index (χ4n) is 3.86.